The highest BCUT2D eigenvalue weighted by Crippen LogP contribution is 2.24. The Morgan fingerprint density at radius 3 is 2.42 bits per heavy atom. The van der Waals surface area contributed by atoms with E-state index in [0.717, 1.165) is 5.56 Å². The summed E-state index contributed by atoms with van der Waals surface area (Å²) in [5.41, 5.74) is 3.73. The number of rotatable bonds is 7. The van der Waals surface area contributed by atoms with Gasteiger partial charge in [-0.05, 0) is 57.9 Å². The van der Waals surface area contributed by atoms with Gasteiger partial charge in [0, 0.05) is 10.0 Å². The molecule has 2 N–H and O–H groups in total. The summed E-state index contributed by atoms with van der Waals surface area (Å²) in [5.74, 6) is -0.550. The number of hydrogen-bond donors (Lipinski definition) is 2. The molecule has 0 saturated heterocycles. The maximum Gasteiger partial charge on any atom is 0.271 e. The number of carbonyl (C=O) groups excluding carboxylic acids is 1. The van der Waals surface area contributed by atoms with Gasteiger partial charge in [-0.2, -0.15) is 5.10 Å². The number of halogens is 2. The molecule has 0 unspecified atom stereocenters. The molecule has 0 saturated carbocycles. The second-order valence-electron chi connectivity index (χ2n) is 6.25. The Morgan fingerprint density at radius 1 is 0.968 bits per heavy atom. The first-order valence-electron chi connectivity index (χ1n) is 8.98. The molecule has 1 amide bonds. The molecule has 6 nitrogen and oxygen atoms in total. The number of benzene rings is 3. The number of nitrogens with one attached hydrogen (secondary N) is 2. The van der Waals surface area contributed by atoms with Gasteiger partial charge < -0.3 is 0 Å². The molecule has 3 rings (SSSR count). The van der Waals surface area contributed by atoms with E-state index in [2.05, 4.69) is 31.2 Å². The van der Waals surface area contributed by atoms with Gasteiger partial charge in [0.25, 0.3) is 15.9 Å². The van der Waals surface area contributed by atoms with E-state index < -0.39 is 15.9 Å². The van der Waals surface area contributed by atoms with E-state index in [0.29, 0.717) is 4.48 Å². The van der Waals surface area contributed by atoms with Crippen LogP contribution in [0, 0.1) is 0 Å². The summed E-state index contributed by atoms with van der Waals surface area (Å²) in [7, 11) is -3.93. The first kappa shape index (κ1) is 22.7. The van der Waals surface area contributed by atoms with Crippen molar-refractivity contribution < 1.29 is 13.2 Å². The molecule has 0 heterocycles. The van der Waals surface area contributed by atoms with Gasteiger partial charge in [0.05, 0.1) is 21.8 Å². The van der Waals surface area contributed by atoms with Crippen LogP contribution in [0.1, 0.15) is 15.9 Å². The first-order valence-corrected chi connectivity index (χ1v) is 11.6. The zero-order valence-corrected chi connectivity index (χ0v) is 19.2. The van der Waals surface area contributed by atoms with Crippen LogP contribution >= 0.6 is 27.5 Å². The third kappa shape index (κ3) is 6.52. The summed E-state index contributed by atoms with van der Waals surface area (Å²) in [6.07, 6.45) is 3.27. The molecule has 0 fully saturated rings. The quantitative estimate of drug-likeness (QED) is 0.329. The fourth-order valence-corrected chi connectivity index (χ4v) is 4.25. The van der Waals surface area contributed by atoms with Gasteiger partial charge in [-0.1, -0.05) is 60.1 Å². The molecular formula is C22H17BrClN3O3S. The van der Waals surface area contributed by atoms with Gasteiger partial charge in [0.1, 0.15) is 0 Å². The molecule has 0 radical (unpaired) electrons. The standard InChI is InChI=1S/C22H17BrClN3O3S/c23-18(13-16-7-2-1-3-8-16)15-25-26-22(28)17-9-6-10-19(14-17)31(29,30)27-21-12-5-4-11-20(21)24/h1-15,27H,(H,26,28)/b18-13+,25-15?. The Morgan fingerprint density at radius 2 is 1.68 bits per heavy atom. The van der Waals surface area contributed by atoms with Crippen LogP contribution in [0.25, 0.3) is 6.08 Å². The second kappa shape index (κ2) is 10.4. The largest absolute Gasteiger partial charge is 0.278 e. The SMILES string of the molecule is O=C(NN=C/C(Br)=C\c1ccccc1)c1cccc(S(=O)(=O)Nc2ccccc2Cl)c1. The predicted molar refractivity (Wildman–Crippen MR) is 128 cm³/mol. The summed E-state index contributed by atoms with van der Waals surface area (Å²) in [6, 6.07) is 21.7. The molecule has 0 aliphatic rings. The van der Waals surface area contributed by atoms with E-state index in [9.17, 15) is 13.2 Å². The van der Waals surface area contributed by atoms with Gasteiger partial charge >= 0.3 is 0 Å². The van der Waals surface area contributed by atoms with Crippen molar-refractivity contribution in [3.8, 4) is 0 Å². The topological polar surface area (TPSA) is 87.6 Å². The Balaban J connectivity index is 1.70. The van der Waals surface area contributed by atoms with Crippen molar-refractivity contribution in [2.24, 2.45) is 5.10 Å². The zero-order chi connectivity index (χ0) is 22.3. The summed E-state index contributed by atoms with van der Waals surface area (Å²) < 4.78 is 28.4. The van der Waals surface area contributed by atoms with Crippen molar-refractivity contribution in [2.75, 3.05) is 4.72 Å². The van der Waals surface area contributed by atoms with E-state index >= 15 is 0 Å². The van der Waals surface area contributed by atoms with Crippen LogP contribution in [0.2, 0.25) is 5.02 Å². The van der Waals surface area contributed by atoms with Crippen LogP contribution in [-0.4, -0.2) is 20.5 Å². The Bertz CT molecular complexity index is 1250. The number of allylic oxidation sites excluding steroid dienone is 1. The van der Waals surface area contributed by atoms with Crippen molar-refractivity contribution in [2.45, 2.75) is 4.90 Å². The van der Waals surface area contributed by atoms with Gasteiger partial charge in [0.15, 0.2) is 0 Å². The average Bonchev–Trinajstić information content (AvgIpc) is 2.76. The number of nitrogens with zero attached hydrogens (tertiary/aromatic N) is 1. The van der Waals surface area contributed by atoms with Gasteiger partial charge in [-0.25, -0.2) is 13.8 Å². The first-order chi connectivity index (χ1) is 14.8. The average molecular weight is 519 g/mol. The third-order valence-electron chi connectivity index (χ3n) is 3.98. The van der Waals surface area contributed by atoms with Crippen LogP contribution in [-0.2, 0) is 10.0 Å². The number of anilines is 1. The number of para-hydroxylation sites is 1. The lowest BCUT2D eigenvalue weighted by Gasteiger charge is -2.10. The highest BCUT2D eigenvalue weighted by molar-refractivity contribution is 9.12. The lowest BCUT2D eigenvalue weighted by atomic mass is 10.2. The van der Waals surface area contributed by atoms with Crippen LogP contribution in [0.4, 0.5) is 5.69 Å². The molecule has 3 aromatic carbocycles. The lowest BCUT2D eigenvalue weighted by Crippen LogP contribution is -2.19. The Labute approximate surface area is 193 Å². The van der Waals surface area contributed by atoms with E-state index in [1.807, 2.05) is 36.4 Å². The smallest absolute Gasteiger partial charge is 0.271 e. The second-order valence-corrected chi connectivity index (χ2v) is 9.26. The number of hydrogen-bond acceptors (Lipinski definition) is 4. The van der Waals surface area contributed by atoms with Crippen molar-refractivity contribution >= 4 is 61.4 Å². The molecule has 0 aliphatic carbocycles. The Hall–Kier alpha value is -2.94. The predicted octanol–water partition coefficient (Wildman–Crippen LogP) is 5.29. The summed E-state index contributed by atoms with van der Waals surface area (Å²) in [5, 5.41) is 4.16. The molecule has 0 aliphatic heterocycles. The molecule has 0 spiro atoms. The minimum Gasteiger partial charge on any atom is -0.278 e. The highest BCUT2D eigenvalue weighted by Gasteiger charge is 2.17. The van der Waals surface area contributed by atoms with Crippen molar-refractivity contribution in [3.05, 3.63) is 99.5 Å². The molecular weight excluding hydrogens is 502 g/mol. The molecule has 9 heteroatoms. The van der Waals surface area contributed by atoms with Crippen molar-refractivity contribution in [3.63, 3.8) is 0 Å². The maximum atomic E-state index is 12.7. The van der Waals surface area contributed by atoms with E-state index in [1.165, 1.54) is 30.5 Å². The van der Waals surface area contributed by atoms with E-state index in [1.54, 1.807) is 24.3 Å². The summed E-state index contributed by atoms with van der Waals surface area (Å²) in [6.45, 7) is 0. The normalized spacial score (nSPS) is 12.0. The van der Waals surface area contributed by atoms with E-state index in [-0.39, 0.29) is 21.2 Å². The minimum absolute atomic E-state index is 0.0748. The van der Waals surface area contributed by atoms with Crippen molar-refractivity contribution in [1.29, 1.82) is 0 Å². The molecule has 31 heavy (non-hydrogen) atoms. The highest BCUT2D eigenvalue weighted by atomic mass is 79.9. The fourth-order valence-electron chi connectivity index (χ4n) is 2.52. The molecule has 0 atom stereocenters. The lowest BCUT2D eigenvalue weighted by molar-refractivity contribution is 0.0955. The number of carbonyl (C=O) groups is 1. The van der Waals surface area contributed by atoms with Crippen LogP contribution in [0.3, 0.4) is 0 Å². The number of sulfonamides is 1. The zero-order valence-electron chi connectivity index (χ0n) is 16.0. The monoisotopic (exact) mass is 517 g/mol. The molecule has 3 aromatic rings. The number of amides is 1. The minimum atomic E-state index is -3.93. The fraction of sp³-hybridized carbons (Fsp3) is 0. The van der Waals surface area contributed by atoms with E-state index in [4.69, 9.17) is 11.6 Å². The third-order valence-corrected chi connectivity index (χ3v) is 6.11. The summed E-state index contributed by atoms with van der Waals surface area (Å²) in [4.78, 5) is 12.3. The molecule has 158 valence electrons. The van der Waals surface area contributed by atoms with Gasteiger partial charge in [-0.3, -0.25) is 9.52 Å². The number of hydrazone groups is 1. The molecule has 0 aromatic heterocycles. The van der Waals surface area contributed by atoms with Gasteiger partial charge in [-0.15, -0.1) is 0 Å². The van der Waals surface area contributed by atoms with Crippen LogP contribution in [0.5, 0.6) is 0 Å². The van der Waals surface area contributed by atoms with Crippen LogP contribution < -0.4 is 10.1 Å². The summed E-state index contributed by atoms with van der Waals surface area (Å²) >= 11 is 9.38. The van der Waals surface area contributed by atoms with Crippen LogP contribution in [0.15, 0.2) is 93.3 Å². The van der Waals surface area contributed by atoms with Gasteiger partial charge in [0.2, 0.25) is 0 Å². The maximum absolute atomic E-state index is 12.7. The molecule has 0 bridgehead atoms. The Kier molecular flexibility index (Phi) is 7.62. The van der Waals surface area contributed by atoms with Crippen molar-refractivity contribution in [1.82, 2.24) is 5.43 Å².